The van der Waals surface area contributed by atoms with E-state index in [1.165, 1.54) is 6.92 Å². The molecule has 0 unspecified atom stereocenters. The summed E-state index contributed by atoms with van der Waals surface area (Å²) in [4.78, 5) is 0. The second-order valence-corrected chi connectivity index (χ2v) is 17.1. The Hall–Kier alpha value is -0.383. The summed E-state index contributed by atoms with van der Waals surface area (Å²) >= 11 is 0. The molecule has 0 bridgehead atoms. The van der Waals surface area contributed by atoms with Gasteiger partial charge in [0, 0.05) is 14.7 Å². The highest BCUT2D eigenvalue weighted by atomic mass is 28.3. The van der Waals surface area contributed by atoms with Crippen molar-refractivity contribution in [2.75, 3.05) is 19.8 Å². The maximum atomic E-state index is 10.7. The molecule has 3 fully saturated rings. The van der Waals surface area contributed by atoms with Crippen molar-refractivity contribution in [1.29, 1.82) is 0 Å². The SMILES string of the molecule is C[C@@H]1O[C@@H](OC[C@H]2O[C@@H](OCC[Si](C)(C)C)[C@H](O)[C@@H](O)[C@H]2O)[C@H](O)[C@H](O)[C@H]1O[C@@H]1O[C@H](CO)[C@@H](O)[C@H](O)[C@H]1O. The van der Waals surface area contributed by atoms with Crippen LogP contribution in [0.4, 0.5) is 0 Å². The van der Waals surface area contributed by atoms with E-state index in [4.69, 9.17) is 28.4 Å². The second-order valence-electron chi connectivity index (χ2n) is 11.5. The lowest BCUT2D eigenvalue weighted by molar-refractivity contribution is -0.360. The quantitative estimate of drug-likeness (QED) is 0.110. The Balaban J connectivity index is 1.57. The average molecular weight is 589 g/mol. The highest BCUT2D eigenvalue weighted by Gasteiger charge is 2.51. The van der Waals surface area contributed by atoms with E-state index in [1.54, 1.807) is 0 Å². The van der Waals surface area contributed by atoms with Gasteiger partial charge in [-0.3, -0.25) is 0 Å². The molecule has 15 nitrogen and oxygen atoms in total. The van der Waals surface area contributed by atoms with Gasteiger partial charge in [0.25, 0.3) is 0 Å². The van der Waals surface area contributed by atoms with Gasteiger partial charge < -0.3 is 74.4 Å². The van der Waals surface area contributed by atoms with Gasteiger partial charge in [-0.25, -0.2) is 0 Å². The molecule has 3 rings (SSSR count). The Morgan fingerprint density at radius 2 is 1.13 bits per heavy atom. The number of rotatable bonds is 10. The molecule has 3 aliphatic heterocycles. The van der Waals surface area contributed by atoms with E-state index in [-0.39, 0.29) is 6.61 Å². The van der Waals surface area contributed by atoms with Gasteiger partial charge in [-0.1, -0.05) is 19.6 Å². The predicted molar refractivity (Wildman–Crippen MR) is 132 cm³/mol. The van der Waals surface area contributed by atoms with Crippen LogP contribution in [0.25, 0.3) is 0 Å². The van der Waals surface area contributed by atoms with Crippen LogP contribution in [0.3, 0.4) is 0 Å². The van der Waals surface area contributed by atoms with Crippen LogP contribution in [0.1, 0.15) is 6.92 Å². The van der Waals surface area contributed by atoms with Gasteiger partial charge in [-0.2, -0.15) is 0 Å². The van der Waals surface area contributed by atoms with E-state index >= 15 is 0 Å². The van der Waals surface area contributed by atoms with E-state index in [2.05, 4.69) is 19.6 Å². The van der Waals surface area contributed by atoms with Gasteiger partial charge in [0.2, 0.25) is 0 Å². The van der Waals surface area contributed by atoms with Crippen molar-refractivity contribution in [2.45, 2.75) is 125 Å². The van der Waals surface area contributed by atoms with E-state index in [0.717, 1.165) is 6.04 Å². The molecule has 0 aromatic rings. The minimum Gasteiger partial charge on any atom is -0.394 e. The number of ether oxygens (including phenoxy) is 6. The third-order valence-corrected chi connectivity index (χ3v) is 8.85. The Morgan fingerprint density at radius 3 is 1.72 bits per heavy atom. The molecule has 0 aromatic heterocycles. The highest BCUT2D eigenvalue weighted by Crippen LogP contribution is 2.30. The first-order chi connectivity index (χ1) is 18.2. The molecule has 3 heterocycles. The van der Waals surface area contributed by atoms with Crippen molar-refractivity contribution >= 4 is 8.07 Å². The minimum atomic E-state index is -1.72. The van der Waals surface area contributed by atoms with Gasteiger partial charge in [-0.15, -0.1) is 0 Å². The number of aliphatic hydroxyl groups excluding tert-OH is 9. The van der Waals surface area contributed by atoms with Crippen molar-refractivity contribution < 1.29 is 74.4 Å². The number of hydrogen-bond acceptors (Lipinski definition) is 15. The lowest BCUT2D eigenvalue weighted by atomic mass is 9.97. The van der Waals surface area contributed by atoms with Crippen molar-refractivity contribution in [3.05, 3.63) is 0 Å². The zero-order valence-corrected chi connectivity index (χ0v) is 23.5. The number of hydrogen-bond donors (Lipinski definition) is 9. The Kier molecular flexibility index (Phi) is 11.7. The van der Waals surface area contributed by atoms with Gasteiger partial charge >= 0.3 is 0 Å². The lowest BCUT2D eigenvalue weighted by Crippen LogP contribution is -2.64. The maximum absolute atomic E-state index is 10.7. The van der Waals surface area contributed by atoms with Crippen molar-refractivity contribution in [3.63, 3.8) is 0 Å². The van der Waals surface area contributed by atoms with Crippen LogP contribution in [-0.2, 0) is 28.4 Å². The monoisotopic (exact) mass is 588 g/mol. The molecule has 39 heavy (non-hydrogen) atoms. The fourth-order valence-corrected chi connectivity index (χ4v) is 5.26. The van der Waals surface area contributed by atoms with Gasteiger partial charge in [0.15, 0.2) is 18.9 Å². The topological polar surface area (TPSA) is 237 Å². The van der Waals surface area contributed by atoms with Crippen molar-refractivity contribution in [2.24, 2.45) is 0 Å². The van der Waals surface area contributed by atoms with Crippen LogP contribution in [0, 0.1) is 0 Å². The molecular weight excluding hydrogens is 544 g/mol. The largest absolute Gasteiger partial charge is 0.394 e. The van der Waals surface area contributed by atoms with Gasteiger partial charge in [-0.05, 0) is 13.0 Å². The van der Waals surface area contributed by atoms with Gasteiger partial charge in [0.05, 0.1) is 19.3 Å². The Morgan fingerprint density at radius 1 is 0.615 bits per heavy atom. The van der Waals surface area contributed by atoms with E-state index in [9.17, 15) is 46.0 Å². The third-order valence-electron chi connectivity index (χ3n) is 7.14. The van der Waals surface area contributed by atoms with Gasteiger partial charge in [0.1, 0.15) is 67.1 Å². The number of aliphatic hydroxyl groups is 9. The van der Waals surface area contributed by atoms with Crippen LogP contribution in [-0.4, -0.2) is 166 Å². The predicted octanol–water partition coefficient (Wildman–Crippen LogP) is -4.18. The summed E-state index contributed by atoms with van der Waals surface area (Å²) in [6.45, 7) is 7.13. The summed E-state index contributed by atoms with van der Waals surface area (Å²) in [5, 5.41) is 91.7. The third kappa shape index (κ3) is 7.92. The Labute approximate surface area is 227 Å². The standard InChI is InChI=1S/C23H44O15Si/c1-9-20(38-23-18(31)14(27)12(25)10(7-24)36-23)16(29)19(32)22(35-9)34-8-11-13(26)15(28)17(30)21(37-11)33-5-6-39(2,3)4/h9-32H,5-8H2,1-4H3/t9-,10+,11+,12+,13-,14-,15-,16-,17+,18+,19+,20-,21+,22+,23-/m0/s1. The molecule has 0 aliphatic carbocycles. The normalized spacial score (nSPS) is 47.8. The summed E-state index contributed by atoms with van der Waals surface area (Å²) in [5.74, 6) is 0. The fraction of sp³-hybridized carbons (Fsp3) is 1.00. The van der Waals surface area contributed by atoms with E-state index < -0.39 is 113 Å². The highest BCUT2D eigenvalue weighted by molar-refractivity contribution is 6.76. The maximum Gasteiger partial charge on any atom is 0.187 e. The first-order valence-electron chi connectivity index (χ1n) is 13.1. The second kappa shape index (κ2) is 13.7. The van der Waals surface area contributed by atoms with E-state index in [0.29, 0.717) is 0 Å². The summed E-state index contributed by atoms with van der Waals surface area (Å²) in [5.41, 5.74) is 0. The molecule has 0 spiro atoms. The molecular formula is C23H44O15Si. The van der Waals surface area contributed by atoms with Crippen LogP contribution < -0.4 is 0 Å². The van der Waals surface area contributed by atoms with Crippen LogP contribution in [0.15, 0.2) is 0 Å². The first-order valence-corrected chi connectivity index (χ1v) is 16.8. The summed E-state index contributed by atoms with van der Waals surface area (Å²) in [7, 11) is -1.44. The Bertz CT molecular complexity index is 756. The van der Waals surface area contributed by atoms with Crippen LogP contribution in [0.2, 0.25) is 25.7 Å². The van der Waals surface area contributed by atoms with Crippen molar-refractivity contribution in [3.8, 4) is 0 Å². The molecule has 3 saturated heterocycles. The molecule has 3 aliphatic rings. The average Bonchev–Trinajstić information content (AvgIpc) is 2.87. The fourth-order valence-electron chi connectivity index (χ4n) is 4.53. The molecule has 9 N–H and O–H groups in total. The smallest absolute Gasteiger partial charge is 0.187 e. The molecule has 230 valence electrons. The summed E-state index contributed by atoms with van der Waals surface area (Å²) in [6.07, 6.45) is -21.8. The van der Waals surface area contributed by atoms with E-state index in [1.807, 2.05) is 0 Å². The van der Waals surface area contributed by atoms with Crippen LogP contribution in [0.5, 0.6) is 0 Å². The van der Waals surface area contributed by atoms with Crippen molar-refractivity contribution in [1.82, 2.24) is 0 Å². The zero-order valence-electron chi connectivity index (χ0n) is 22.5. The first kappa shape index (κ1) is 33.1. The minimum absolute atomic E-state index is 0.290. The summed E-state index contributed by atoms with van der Waals surface area (Å²) in [6, 6.07) is 0.781. The summed E-state index contributed by atoms with van der Waals surface area (Å²) < 4.78 is 33.3. The molecule has 0 aromatic carbocycles. The molecule has 15 atom stereocenters. The molecule has 16 heteroatoms. The molecule has 0 saturated carbocycles. The van der Waals surface area contributed by atoms with Crippen LogP contribution >= 0.6 is 0 Å². The zero-order chi connectivity index (χ0) is 29.2. The molecule has 0 amide bonds. The lowest BCUT2D eigenvalue weighted by Gasteiger charge is -2.46. The molecule has 0 radical (unpaired) electrons.